The van der Waals surface area contributed by atoms with Crippen LogP contribution in [0.5, 0.6) is 0 Å². The number of fused-ring (bicyclic) bond motifs is 4. The fourth-order valence-corrected chi connectivity index (χ4v) is 9.87. The topological polar surface area (TPSA) is 105 Å². The Morgan fingerprint density at radius 1 is 0.256 bits per heavy atom. The quantitative estimate of drug-likeness (QED) is 0.109. The molecule has 0 atom stereocenters. The molecule has 0 saturated heterocycles. The molecule has 0 aliphatic heterocycles. The molecule has 16 aromatic rings. The van der Waals surface area contributed by atoms with Crippen LogP contribution in [0, 0.1) is 0 Å². The second-order valence-electron chi connectivity index (χ2n) is 20.0. The van der Waals surface area contributed by atoms with Crippen LogP contribution in [0.15, 0.2) is 304 Å². The molecule has 8 nitrogen and oxygen atoms in total. The van der Waals surface area contributed by atoms with Gasteiger partial charge >= 0.3 is 83.7 Å². The van der Waals surface area contributed by atoms with Gasteiger partial charge in [-0.2, -0.15) is 0 Å². The van der Waals surface area contributed by atoms with E-state index in [1.54, 1.807) is 96.8 Å². The maximum absolute atomic E-state index is 5.50. The maximum Gasteiger partial charge on any atom is 0.126 e. The van der Waals surface area contributed by atoms with E-state index in [2.05, 4.69) is 123 Å². The van der Waals surface area contributed by atoms with Crippen LogP contribution in [-0.4, -0.2) is 10.9 Å². The minimum absolute atomic E-state index is 0. The molecule has 0 radical (unpaired) electrons. The first-order chi connectivity index (χ1) is 41.1. The van der Waals surface area contributed by atoms with E-state index in [0.29, 0.717) is 0 Å². The zero-order chi connectivity index (χ0) is 57.8. The number of hydrogen-bond acceptors (Lipinski definition) is 8. The smallest absolute Gasteiger partial charge is 0.126 e. The molecule has 14 heteroatoms. The summed E-state index contributed by atoms with van der Waals surface area (Å²) in [6.07, 6.45) is 13.6. The predicted octanol–water partition coefficient (Wildman–Crippen LogP) is 15.9. The summed E-state index contributed by atoms with van der Waals surface area (Å²) in [7, 11) is 0. The van der Waals surface area contributed by atoms with Crippen molar-refractivity contribution < 1.29 is 107 Å². The minimum atomic E-state index is 0. The molecule has 0 saturated carbocycles. The summed E-state index contributed by atoms with van der Waals surface area (Å²) in [5.41, 5.74) is 9.25. The summed E-state index contributed by atoms with van der Waals surface area (Å²) in [5.74, 6) is 7.13. The third-order valence-electron chi connectivity index (χ3n) is 13.4. The van der Waals surface area contributed by atoms with Gasteiger partial charge in [-0.3, -0.25) is 0 Å². The number of rotatable bonds is 8. The van der Waals surface area contributed by atoms with E-state index in [-0.39, 0.29) is 35.7 Å². The van der Waals surface area contributed by atoms with Crippen molar-refractivity contribution in [3.8, 4) is 90.6 Å². The SMILES string of the molecule is C[Si](C)=[Zr+2].C[Si](C)=[Zr+2].[Cl-].[Cl-].c1coc(-c2cc3c(-c4ccco4)cccc3[cH-]2)c1.c1coc(-c2cc3c(-c4ccco4)cccc3[cH-]2)c1.c1coc(-c2cc3c(-c4ccco4)cccc3[cH-]2)c1.c1coc(-c2cc3c(-c4ccco4)cccc3[cH-]2)c1. The zero-order valence-electron chi connectivity index (χ0n) is 47.4. The zero-order valence-corrected chi connectivity index (χ0v) is 55.9. The van der Waals surface area contributed by atoms with E-state index in [9.17, 15) is 0 Å². The Balaban J connectivity index is 0.000000130. The van der Waals surface area contributed by atoms with Crippen LogP contribution in [0.1, 0.15) is 0 Å². The van der Waals surface area contributed by atoms with Crippen LogP contribution in [0.25, 0.3) is 134 Å². The summed E-state index contributed by atoms with van der Waals surface area (Å²) in [4.78, 5) is 0. The van der Waals surface area contributed by atoms with Crippen LogP contribution in [-0.2, 0) is 46.7 Å². The molecule has 8 aromatic heterocycles. The van der Waals surface area contributed by atoms with Crippen molar-refractivity contribution in [1.82, 2.24) is 0 Å². The molecule has 86 heavy (non-hydrogen) atoms. The fourth-order valence-electron chi connectivity index (χ4n) is 9.87. The fraction of sp³-hybridized carbons (Fsp3) is 0.0556. The number of furan rings is 8. The Morgan fingerprint density at radius 2 is 0.430 bits per heavy atom. The number of hydrogen-bond donors (Lipinski definition) is 0. The standard InChI is InChI=1S/4C17H11O2.2C2H6Si.2ClH.2Zr/c4*1-4-12-10-13(16-6-2-8-18-16)11-15(12)14(5-1)17-7-3-9-19-17;2*1-3-2;;;;/h4*1-11H;2*1-2H3;2*1H;;/q4*-1;;;;;2*+2/p-2. The normalized spacial score (nSPS) is 10.5. The van der Waals surface area contributed by atoms with E-state index >= 15 is 0 Å². The summed E-state index contributed by atoms with van der Waals surface area (Å²) >= 11 is 3.48. The summed E-state index contributed by atoms with van der Waals surface area (Å²) in [6.45, 7) is 9.23. The van der Waals surface area contributed by atoms with Gasteiger partial charge in [0.1, 0.15) is 23.0 Å². The molecule has 0 N–H and O–H groups in total. The van der Waals surface area contributed by atoms with E-state index in [1.807, 2.05) is 121 Å². The van der Waals surface area contributed by atoms with Gasteiger partial charge in [0.2, 0.25) is 0 Å². The average Bonchev–Trinajstić information content (AvgIpc) is 2.08. The molecule has 8 heterocycles. The van der Waals surface area contributed by atoms with Gasteiger partial charge in [0.15, 0.2) is 0 Å². The first-order valence-corrected chi connectivity index (χ1v) is 39.6. The molecule has 0 fully saturated rings. The van der Waals surface area contributed by atoms with E-state index in [1.165, 1.54) is 43.1 Å². The molecule has 0 bridgehead atoms. The van der Waals surface area contributed by atoms with Gasteiger partial charge < -0.3 is 60.2 Å². The van der Waals surface area contributed by atoms with Gasteiger partial charge in [-0.15, -0.1) is 116 Å². The second-order valence-corrected chi connectivity index (χ2v) is 38.8. The van der Waals surface area contributed by atoms with Crippen molar-refractivity contribution in [2.75, 3.05) is 0 Å². The van der Waals surface area contributed by atoms with Crippen molar-refractivity contribution >= 4 is 54.0 Å². The summed E-state index contributed by atoms with van der Waals surface area (Å²) in [5, 5.41) is 9.52. The van der Waals surface area contributed by atoms with Crippen LogP contribution in [0.4, 0.5) is 0 Å². The van der Waals surface area contributed by atoms with Gasteiger partial charge in [0.05, 0.1) is 73.1 Å². The molecule has 0 aliphatic rings. The minimum Gasteiger partial charge on any atom is -1.00 e. The van der Waals surface area contributed by atoms with Crippen LogP contribution < -0.4 is 24.8 Å². The van der Waals surface area contributed by atoms with Gasteiger partial charge in [0, 0.05) is 0 Å². The molecule has 424 valence electrons. The Hall–Kier alpha value is -7.66. The van der Waals surface area contributed by atoms with Gasteiger partial charge in [-0.25, -0.2) is 0 Å². The van der Waals surface area contributed by atoms with Crippen molar-refractivity contribution in [3.63, 3.8) is 0 Å². The molecule has 0 spiro atoms. The first kappa shape index (κ1) is 62.9. The predicted molar refractivity (Wildman–Crippen MR) is 335 cm³/mol. The average molecular weight is 1360 g/mol. The largest absolute Gasteiger partial charge is 1.00 e. The van der Waals surface area contributed by atoms with E-state index in [0.717, 1.165) is 90.6 Å². The molecule has 0 unspecified atom stereocenters. The van der Waals surface area contributed by atoms with Crippen molar-refractivity contribution in [2.24, 2.45) is 0 Å². The molecule has 0 aliphatic carbocycles. The number of benzene rings is 4. The van der Waals surface area contributed by atoms with Crippen LogP contribution >= 0.6 is 0 Å². The van der Waals surface area contributed by atoms with Gasteiger partial charge in [-0.1, -0.05) is 95.1 Å². The second kappa shape index (κ2) is 30.1. The Kier molecular flexibility index (Phi) is 22.0. The van der Waals surface area contributed by atoms with Gasteiger partial charge in [0.25, 0.3) is 0 Å². The monoisotopic (exact) mass is 1350 g/mol. The Morgan fingerprint density at radius 3 is 0.593 bits per heavy atom. The van der Waals surface area contributed by atoms with E-state index in [4.69, 9.17) is 35.3 Å². The third kappa shape index (κ3) is 15.3. The summed E-state index contributed by atoms with van der Waals surface area (Å²) < 4.78 is 43.8. The molecule has 0 amide bonds. The van der Waals surface area contributed by atoms with Gasteiger partial charge in [-0.05, 0) is 95.1 Å². The Labute approximate surface area is 541 Å². The molecule has 16 rings (SSSR count). The molecular formula is C72H56Cl2O8Si2Zr2-2. The molecular weight excluding hydrogens is 1300 g/mol. The maximum atomic E-state index is 5.50. The first-order valence-electron chi connectivity index (χ1n) is 27.3. The Bertz CT molecular complexity index is 4020. The van der Waals surface area contributed by atoms with Crippen molar-refractivity contribution in [3.05, 3.63) is 268 Å². The van der Waals surface area contributed by atoms with Crippen LogP contribution in [0.2, 0.25) is 26.2 Å². The van der Waals surface area contributed by atoms with Crippen molar-refractivity contribution in [2.45, 2.75) is 26.2 Å². The third-order valence-corrected chi connectivity index (χ3v) is 13.4. The number of halogens is 2. The van der Waals surface area contributed by atoms with Crippen molar-refractivity contribution in [1.29, 1.82) is 0 Å². The summed E-state index contributed by atoms with van der Waals surface area (Å²) in [6, 6.07) is 73.1. The molecule has 8 aromatic carbocycles. The van der Waals surface area contributed by atoms with Crippen LogP contribution in [0.3, 0.4) is 0 Å². The van der Waals surface area contributed by atoms with E-state index < -0.39 is 0 Å².